The van der Waals surface area contributed by atoms with Crippen LogP contribution >= 0.6 is 0 Å². The van der Waals surface area contributed by atoms with E-state index in [-0.39, 0.29) is 0 Å². The van der Waals surface area contributed by atoms with Gasteiger partial charge in [-0.1, -0.05) is 6.92 Å². The van der Waals surface area contributed by atoms with E-state index in [0.29, 0.717) is 6.04 Å². The largest absolute Gasteiger partial charge is 0.268 e. The average molecular weight is 155 g/mol. The molecule has 0 bridgehead atoms. The molecule has 0 N–H and O–H groups in total. The van der Waals surface area contributed by atoms with Crippen molar-refractivity contribution in [1.29, 1.82) is 0 Å². The van der Waals surface area contributed by atoms with Crippen LogP contribution < -0.4 is 0 Å². The van der Waals surface area contributed by atoms with Crippen molar-refractivity contribution in [2.24, 2.45) is 5.92 Å². The first-order valence-electron chi connectivity index (χ1n) is 4.31. The molecule has 11 heavy (non-hydrogen) atoms. The van der Waals surface area contributed by atoms with Crippen molar-refractivity contribution in [3.05, 3.63) is 0 Å². The molecule has 0 aromatic carbocycles. The van der Waals surface area contributed by atoms with E-state index in [0.717, 1.165) is 5.92 Å². The van der Waals surface area contributed by atoms with Crippen LogP contribution in [0.5, 0.6) is 0 Å². The van der Waals surface area contributed by atoms with Gasteiger partial charge in [0.25, 0.3) is 0 Å². The van der Waals surface area contributed by atoms with Crippen molar-refractivity contribution >= 4 is 5.84 Å². The lowest BCUT2D eigenvalue weighted by Crippen LogP contribution is -2.47. The molecule has 1 rings (SSSR count). The maximum absolute atomic E-state index is 2.36. The van der Waals surface area contributed by atoms with Gasteiger partial charge >= 0.3 is 0 Å². The fourth-order valence-electron chi connectivity index (χ4n) is 1.66. The Hall–Kier alpha value is -0.530. The molecule has 0 saturated heterocycles. The molecule has 2 atom stereocenters. The Bertz CT molecular complexity index is 184. The topological polar surface area (TPSA) is 6.25 Å². The molecule has 0 amide bonds. The zero-order valence-corrected chi connectivity index (χ0v) is 8.26. The first kappa shape index (κ1) is 8.57. The number of amidine groups is 1. The van der Waals surface area contributed by atoms with Crippen LogP contribution in [0.3, 0.4) is 0 Å². The molecule has 64 valence electrons. The number of hydrogen-bond donors (Lipinski definition) is 0. The van der Waals surface area contributed by atoms with E-state index >= 15 is 0 Å². The molecule has 0 fully saturated rings. The summed E-state index contributed by atoms with van der Waals surface area (Å²) in [6, 6.07) is 0.686. The van der Waals surface area contributed by atoms with Gasteiger partial charge in [0.15, 0.2) is 0 Å². The van der Waals surface area contributed by atoms with Crippen molar-refractivity contribution in [2.75, 3.05) is 20.6 Å². The Morgan fingerprint density at radius 3 is 2.55 bits per heavy atom. The van der Waals surface area contributed by atoms with E-state index in [1.165, 1.54) is 12.4 Å². The summed E-state index contributed by atoms with van der Waals surface area (Å²) < 4.78 is 2.36. The lowest BCUT2D eigenvalue weighted by atomic mass is 10.0. The SMILES string of the molecule is CC1=[N+](C)C(C)C(C)CN1C. The van der Waals surface area contributed by atoms with Gasteiger partial charge in [-0.15, -0.1) is 0 Å². The molecule has 0 aromatic rings. The van der Waals surface area contributed by atoms with Gasteiger partial charge in [0, 0.05) is 12.8 Å². The van der Waals surface area contributed by atoms with Gasteiger partial charge in [-0.25, -0.2) is 0 Å². The minimum atomic E-state index is 0.686. The second-order valence-corrected chi connectivity index (χ2v) is 3.76. The van der Waals surface area contributed by atoms with Crippen LogP contribution in [0.25, 0.3) is 0 Å². The Balaban J connectivity index is 2.89. The Morgan fingerprint density at radius 2 is 2.00 bits per heavy atom. The van der Waals surface area contributed by atoms with Crippen molar-refractivity contribution in [3.8, 4) is 0 Å². The second kappa shape index (κ2) is 2.84. The van der Waals surface area contributed by atoms with Crippen molar-refractivity contribution in [1.82, 2.24) is 4.90 Å². The highest BCUT2D eigenvalue weighted by Gasteiger charge is 2.29. The fourth-order valence-corrected chi connectivity index (χ4v) is 1.66. The summed E-state index contributed by atoms with van der Waals surface area (Å²) in [5.41, 5.74) is 0. The zero-order valence-electron chi connectivity index (χ0n) is 8.26. The zero-order chi connectivity index (χ0) is 8.59. The number of rotatable bonds is 0. The van der Waals surface area contributed by atoms with E-state index in [1.807, 2.05) is 0 Å². The Labute approximate surface area is 69.5 Å². The van der Waals surface area contributed by atoms with Gasteiger partial charge in [0.05, 0.1) is 26.7 Å². The van der Waals surface area contributed by atoms with Crippen LogP contribution in [-0.2, 0) is 0 Å². The summed E-state index contributed by atoms with van der Waals surface area (Å²) in [6.07, 6.45) is 0. The van der Waals surface area contributed by atoms with E-state index in [9.17, 15) is 0 Å². The fraction of sp³-hybridized carbons (Fsp3) is 0.889. The number of nitrogens with zero attached hydrogens (tertiary/aromatic N) is 2. The summed E-state index contributed by atoms with van der Waals surface area (Å²) in [6.45, 7) is 7.98. The third-order valence-corrected chi connectivity index (χ3v) is 3.06. The van der Waals surface area contributed by atoms with Crippen LogP contribution in [0.4, 0.5) is 0 Å². The smallest absolute Gasteiger partial charge is 0.243 e. The molecule has 0 aliphatic carbocycles. The molecule has 2 nitrogen and oxygen atoms in total. The third-order valence-electron chi connectivity index (χ3n) is 3.06. The van der Waals surface area contributed by atoms with E-state index < -0.39 is 0 Å². The van der Waals surface area contributed by atoms with Gasteiger partial charge in [0.2, 0.25) is 5.84 Å². The van der Waals surface area contributed by atoms with Crippen molar-refractivity contribution in [3.63, 3.8) is 0 Å². The van der Waals surface area contributed by atoms with Gasteiger partial charge in [-0.3, -0.25) is 9.48 Å². The average Bonchev–Trinajstić information content (AvgIpc) is 1.97. The van der Waals surface area contributed by atoms with Crippen LogP contribution in [0.2, 0.25) is 0 Å². The van der Waals surface area contributed by atoms with Crippen LogP contribution in [0, 0.1) is 5.92 Å². The van der Waals surface area contributed by atoms with Crippen LogP contribution in [-0.4, -0.2) is 42.0 Å². The normalized spacial score (nSPS) is 33.0. The molecule has 2 heteroatoms. The summed E-state index contributed by atoms with van der Waals surface area (Å²) >= 11 is 0. The molecular formula is C9H19N2+. The van der Waals surface area contributed by atoms with Crippen molar-refractivity contribution < 1.29 is 4.58 Å². The highest BCUT2D eigenvalue weighted by atomic mass is 15.2. The van der Waals surface area contributed by atoms with Gasteiger partial charge in [0.1, 0.15) is 0 Å². The molecule has 2 unspecified atom stereocenters. The highest BCUT2D eigenvalue weighted by molar-refractivity contribution is 5.74. The molecule has 0 saturated carbocycles. The predicted octanol–water partition coefficient (Wildman–Crippen LogP) is 1.02. The Kier molecular flexibility index (Phi) is 2.21. The first-order chi connectivity index (χ1) is 5.04. The van der Waals surface area contributed by atoms with Gasteiger partial charge in [-0.2, -0.15) is 0 Å². The van der Waals surface area contributed by atoms with E-state index in [1.54, 1.807) is 0 Å². The molecule has 1 aliphatic rings. The standard InChI is InChI=1S/C9H19N2/c1-7-6-10(4)9(3)11(5)8(7)2/h7-8H,6H2,1-5H3/q+1. The monoisotopic (exact) mass is 155 g/mol. The molecule has 1 heterocycles. The summed E-state index contributed by atoms with van der Waals surface area (Å²) in [7, 11) is 4.33. The van der Waals surface area contributed by atoms with Crippen LogP contribution in [0.15, 0.2) is 0 Å². The van der Waals surface area contributed by atoms with Crippen molar-refractivity contribution in [2.45, 2.75) is 26.8 Å². The quantitative estimate of drug-likeness (QED) is 0.473. The second-order valence-electron chi connectivity index (χ2n) is 3.76. The lowest BCUT2D eigenvalue weighted by molar-refractivity contribution is -0.554. The van der Waals surface area contributed by atoms with E-state index in [4.69, 9.17) is 0 Å². The minimum absolute atomic E-state index is 0.686. The summed E-state index contributed by atoms with van der Waals surface area (Å²) in [5, 5.41) is 0. The van der Waals surface area contributed by atoms with Crippen LogP contribution in [0.1, 0.15) is 20.8 Å². The number of hydrogen-bond acceptors (Lipinski definition) is 1. The van der Waals surface area contributed by atoms with Gasteiger partial charge < -0.3 is 0 Å². The molecule has 0 spiro atoms. The third kappa shape index (κ3) is 1.39. The molecule has 0 radical (unpaired) electrons. The van der Waals surface area contributed by atoms with Gasteiger partial charge in [-0.05, 0) is 6.92 Å². The maximum Gasteiger partial charge on any atom is 0.243 e. The summed E-state index contributed by atoms with van der Waals surface area (Å²) in [4.78, 5) is 2.32. The molecule has 0 aromatic heterocycles. The lowest BCUT2D eigenvalue weighted by Gasteiger charge is -2.30. The predicted molar refractivity (Wildman–Crippen MR) is 48.1 cm³/mol. The minimum Gasteiger partial charge on any atom is -0.268 e. The molecular weight excluding hydrogens is 136 g/mol. The first-order valence-corrected chi connectivity index (χ1v) is 4.31. The maximum atomic E-state index is 2.36. The Morgan fingerprint density at radius 1 is 1.45 bits per heavy atom. The summed E-state index contributed by atoms with van der Waals surface area (Å²) in [5.74, 6) is 2.16. The molecule has 1 aliphatic heterocycles. The highest BCUT2D eigenvalue weighted by Crippen LogP contribution is 2.13. The van der Waals surface area contributed by atoms with E-state index in [2.05, 4.69) is 44.3 Å².